The molecule has 0 saturated heterocycles. The molecule has 0 bridgehead atoms. The number of nitrogens with one attached hydrogen (secondary N) is 2. The molecule has 4 fully saturated rings. The molecule has 0 amide bonds. The number of carbonyl (C=O) groups excluding carboxylic acids is 1. The first kappa shape index (κ1) is 31.3. The van der Waals surface area contributed by atoms with E-state index >= 15 is 0 Å². The molecule has 0 radical (unpaired) electrons. The molecule has 1 aromatic heterocycles. The van der Waals surface area contributed by atoms with E-state index in [9.17, 15) is 9.59 Å². The van der Waals surface area contributed by atoms with Crippen molar-refractivity contribution in [1.29, 1.82) is 0 Å². The van der Waals surface area contributed by atoms with Crippen LogP contribution >= 0.6 is 0 Å². The fourth-order valence-electron chi connectivity index (χ4n) is 9.54. The average Bonchev–Trinajstić information content (AvgIpc) is 3.32. The van der Waals surface area contributed by atoms with Crippen molar-refractivity contribution in [3.05, 3.63) is 40.2 Å². The Balaban J connectivity index is 0.978. The zero-order valence-corrected chi connectivity index (χ0v) is 27.3. The Bertz CT molecular complexity index is 1430. The van der Waals surface area contributed by atoms with Crippen molar-refractivity contribution in [3.63, 3.8) is 0 Å². The largest absolute Gasteiger partial charge is 0.423 e. The molecule has 6 atom stereocenters. The molecule has 0 spiro atoms. The first-order chi connectivity index (χ1) is 21.2. The fourth-order valence-corrected chi connectivity index (χ4v) is 9.54. The minimum atomic E-state index is -0.314. The zero-order valence-electron chi connectivity index (χ0n) is 27.3. The summed E-state index contributed by atoms with van der Waals surface area (Å²) in [6, 6.07) is 7.61. The van der Waals surface area contributed by atoms with Gasteiger partial charge in [0.2, 0.25) is 0 Å². The Morgan fingerprint density at radius 2 is 1.86 bits per heavy atom. The highest BCUT2D eigenvalue weighted by atomic mass is 16.6. The van der Waals surface area contributed by atoms with Crippen LogP contribution in [0.15, 0.2) is 38.6 Å². The Morgan fingerprint density at radius 3 is 2.70 bits per heavy atom. The third-order valence-corrected chi connectivity index (χ3v) is 12.1. The molecule has 2 aromatic rings. The number of rotatable bonds is 11. The van der Waals surface area contributed by atoms with E-state index in [0.29, 0.717) is 41.8 Å². The fraction of sp³-hybridized carbons (Fsp3) is 0.694. The molecule has 0 aliphatic heterocycles. The summed E-state index contributed by atoms with van der Waals surface area (Å²) < 4.78 is 5.51. The predicted octanol–water partition coefficient (Wildman–Crippen LogP) is 5.88. The summed E-state index contributed by atoms with van der Waals surface area (Å²) in [4.78, 5) is 32.5. The van der Waals surface area contributed by atoms with Gasteiger partial charge in [-0.15, -0.1) is 0 Å². The van der Waals surface area contributed by atoms with Crippen molar-refractivity contribution in [3.8, 4) is 0 Å². The number of nitrogens with zero attached hydrogens (tertiary/aromatic N) is 2. The van der Waals surface area contributed by atoms with Gasteiger partial charge in [-0.2, -0.15) is 0 Å². The van der Waals surface area contributed by atoms with Crippen molar-refractivity contribution in [2.75, 3.05) is 52.2 Å². The topological polar surface area (TPSA) is 96.2 Å². The lowest BCUT2D eigenvalue weighted by Gasteiger charge is -2.59. The monoisotopic (exact) mass is 604 g/mol. The predicted molar refractivity (Wildman–Crippen MR) is 176 cm³/mol. The number of fused-ring (bicyclic) bond motifs is 6. The molecule has 8 nitrogen and oxygen atoms in total. The number of likely N-dealkylation sites (N-methyl/N-ethyl adjacent to an activating group) is 1. The summed E-state index contributed by atoms with van der Waals surface area (Å²) >= 11 is 0. The van der Waals surface area contributed by atoms with Gasteiger partial charge in [-0.05, 0) is 119 Å². The Morgan fingerprint density at radius 1 is 1.00 bits per heavy atom. The number of benzene rings is 1. The van der Waals surface area contributed by atoms with Crippen LogP contribution in [0, 0.1) is 34.5 Å². The second kappa shape index (κ2) is 13.0. The van der Waals surface area contributed by atoms with Crippen LogP contribution in [0.3, 0.4) is 0 Å². The molecule has 1 aromatic carbocycles. The van der Waals surface area contributed by atoms with Crippen molar-refractivity contribution in [2.45, 2.75) is 78.1 Å². The molecule has 240 valence electrons. The van der Waals surface area contributed by atoms with Crippen LogP contribution in [0.4, 0.5) is 5.69 Å². The summed E-state index contributed by atoms with van der Waals surface area (Å²) in [5, 5.41) is 12.6. The van der Waals surface area contributed by atoms with Crippen LogP contribution in [-0.2, 0) is 16.1 Å². The van der Waals surface area contributed by atoms with E-state index in [4.69, 9.17) is 14.4 Å². The third-order valence-electron chi connectivity index (χ3n) is 12.1. The third kappa shape index (κ3) is 6.21. The molecule has 44 heavy (non-hydrogen) atoms. The molecule has 6 rings (SSSR count). The summed E-state index contributed by atoms with van der Waals surface area (Å²) in [6.07, 6.45) is 10.7. The molecule has 8 heteroatoms. The van der Waals surface area contributed by atoms with Gasteiger partial charge >= 0.3 is 5.63 Å². The number of Topliss-reactive ketones (excluding diaryl/α,β-unsaturated/α-hetero) is 1. The maximum atomic E-state index is 12.3. The van der Waals surface area contributed by atoms with Crippen molar-refractivity contribution < 1.29 is 14.0 Å². The number of hydrogen-bond donors (Lipinski definition) is 2. The highest BCUT2D eigenvalue weighted by Gasteiger charge is 2.59. The molecule has 4 aliphatic carbocycles. The minimum Gasteiger partial charge on any atom is -0.423 e. The Kier molecular flexibility index (Phi) is 9.21. The standard InChI is InChI=1S/C36H52N4O4/c1-35-14-11-27(41)22-25(35)5-7-29-30-9-10-33(36(30,2)15-12-31(29)35)39-43-20-18-37-16-13-24-21-34(42)44-32-23-26(6-8-28(24)32)38-17-19-40(3)4/h6,8,21,23,25,29-31,37-38H,5,7,9-20,22H2,1-4H3/b39-33-/t25-,29-,30-,31-,35-,36-/m0/s1. The normalized spacial score (nSPS) is 32.5. The lowest BCUT2D eigenvalue weighted by Crippen LogP contribution is -2.53. The van der Waals surface area contributed by atoms with E-state index in [1.165, 1.54) is 37.8 Å². The highest BCUT2D eigenvalue weighted by molar-refractivity contribution is 5.92. The lowest BCUT2D eigenvalue weighted by atomic mass is 9.45. The van der Waals surface area contributed by atoms with Crippen LogP contribution in [0.1, 0.15) is 77.2 Å². The second-order valence-electron chi connectivity index (χ2n) is 14.8. The molecule has 4 saturated carbocycles. The van der Waals surface area contributed by atoms with E-state index in [-0.39, 0.29) is 11.0 Å². The number of ketones is 1. The van der Waals surface area contributed by atoms with Gasteiger partial charge in [0.15, 0.2) is 0 Å². The van der Waals surface area contributed by atoms with Gasteiger partial charge in [-0.1, -0.05) is 19.0 Å². The molecule has 2 N–H and O–H groups in total. The van der Waals surface area contributed by atoms with E-state index < -0.39 is 0 Å². The average molecular weight is 605 g/mol. The molecule has 4 aliphatic rings. The highest BCUT2D eigenvalue weighted by Crippen LogP contribution is 2.65. The molecular formula is C36H52N4O4. The van der Waals surface area contributed by atoms with Crippen molar-refractivity contribution >= 4 is 28.2 Å². The number of carbonyl (C=O) groups is 1. The zero-order chi connectivity index (χ0) is 30.9. The SMILES string of the molecule is CN(C)CCNc1ccc2c(CCNCCO/N=C3/CC[C@H]4[C@@H]5CC[C@H]6CC(=O)CC[C@]6(C)[C@H]5CC[C@]34C)cc(=O)oc2c1. The maximum absolute atomic E-state index is 12.3. The summed E-state index contributed by atoms with van der Waals surface area (Å²) in [7, 11) is 4.09. The summed E-state index contributed by atoms with van der Waals surface area (Å²) in [5.41, 5.74) is 4.02. The lowest BCUT2D eigenvalue weighted by molar-refractivity contribution is -0.136. The van der Waals surface area contributed by atoms with Crippen molar-refractivity contribution in [1.82, 2.24) is 10.2 Å². The quantitative estimate of drug-likeness (QED) is 0.188. The van der Waals surface area contributed by atoms with Gasteiger partial charge < -0.3 is 24.8 Å². The second-order valence-corrected chi connectivity index (χ2v) is 14.8. The first-order valence-corrected chi connectivity index (χ1v) is 17.0. The maximum Gasteiger partial charge on any atom is 0.336 e. The van der Waals surface area contributed by atoms with E-state index in [0.717, 1.165) is 80.2 Å². The first-order valence-electron chi connectivity index (χ1n) is 17.0. The number of oxime groups is 1. The molecule has 1 heterocycles. The van der Waals surface area contributed by atoms with Gasteiger partial charge in [0.1, 0.15) is 18.0 Å². The van der Waals surface area contributed by atoms with Crippen LogP contribution in [0.2, 0.25) is 0 Å². The Labute approximate surface area is 262 Å². The number of hydrogen-bond acceptors (Lipinski definition) is 8. The van der Waals surface area contributed by atoms with Crippen LogP contribution in [0.5, 0.6) is 0 Å². The van der Waals surface area contributed by atoms with Gasteiger partial charge in [0.05, 0.1) is 5.71 Å². The molecular weight excluding hydrogens is 552 g/mol. The summed E-state index contributed by atoms with van der Waals surface area (Å²) in [6.45, 7) is 8.70. The van der Waals surface area contributed by atoms with Crippen LogP contribution < -0.4 is 16.3 Å². The van der Waals surface area contributed by atoms with Crippen LogP contribution in [-0.4, -0.2) is 63.3 Å². The van der Waals surface area contributed by atoms with Gasteiger partial charge in [-0.25, -0.2) is 4.79 Å². The van der Waals surface area contributed by atoms with Crippen molar-refractivity contribution in [2.24, 2.45) is 39.7 Å². The minimum absolute atomic E-state index is 0.152. The van der Waals surface area contributed by atoms with Gasteiger partial charge in [0, 0.05) is 61.1 Å². The number of anilines is 1. The van der Waals surface area contributed by atoms with Gasteiger partial charge in [0.25, 0.3) is 0 Å². The van der Waals surface area contributed by atoms with Crippen LogP contribution in [0.25, 0.3) is 11.0 Å². The van der Waals surface area contributed by atoms with E-state index in [1.54, 1.807) is 6.07 Å². The van der Waals surface area contributed by atoms with Gasteiger partial charge in [-0.3, -0.25) is 4.79 Å². The Hall–Kier alpha value is -2.71. The van der Waals surface area contributed by atoms with E-state index in [2.05, 4.69) is 29.4 Å². The molecule has 0 unspecified atom stereocenters. The summed E-state index contributed by atoms with van der Waals surface area (Å²) in [5.74, 6) is 3.32. The smallest absolute Gasteiger partial charge is 0.336 e. The van der Waals surface area contributed by atoms with E-state index in [1.807, 2.05) is 32.3 Å².